The van der Waals surface area contributed by atoms with Gasteiger partial charge in [-0.25, -0.2) is 14.4 Å². The molecule has 140 valence electrons. The van der Waals surface area contributed by atoms with Gasteiger partial charge in [0, 0.05) is 23.7 Å². The van der Waals surface area contributed by atoms with E-state index in [1.165, 1.54) is 10.9 Å². The SMILES string of the molecule is Nc1nc2c(c(-c3c(Cl)cc(Cl)cc3OCCn3cc(F)cn3)n1)CNC2. The van der Waals surface area contributed by atoms with Crippen molar-refractivity contribution in [3.8, 4) is 17.0 Å². The normalized spacial score (nSPS) is 13.0. The summed E-state index contributed by atoms with van der Waals surface area (Å²) in [6.07, 6.45) is 2.43. The average Bonchev–Trinajstić information content (AvgIpc) is 3.22. The van der Waals surface area contributed by atoms with Crippen LogP contribution in [0.15, 0.2) is 24.5 Å². The first-order valence-corrected chi connectivity index (χ1v) is 8.93. The standard InChI is InChI=1S/C17H15Cl2FN6O/c18-9-3-12(19)15(16-11-6-22-7-13(11)24-17(21)25-16)14(4-9)27-2-1-26-8-10(20)5-23-26/h3-5,8,22H,1-2,6-7H2,(H2,21,24,25). The molecule has 0 radical (unpaired) electrons. The van der Waals surface area contributed by atoms with Crippen molar-refractivity contribution in [2.24, 2.45) is 0 Å². The number of halogens is 3. The minimum Gasteiger partial charge on any atom is -0.491 e. The number of nitrogens with one attached hydrogen (secondary N) is 1. The lowest BCUT2D eigenvalue weighted by Crippen LogP contribution is -2.10. The summed E-state index contributed by atoms with van der Waals surface area (Å²) in [5.74, 6) is 0.227. The van der Waals surface area contributed by atoms with E-state index in [1.807, 2.05) is 0 Å². The minimum atomic E-state index is -0.402. The van der Waals surface area contributed by atoms with Gasteiger partial charge < -0.3 is 15.8 Å². The van der Waals surface area contributed by atoms with Crippen molar-refractivity contribution in [2.45, 2.75) is 19.6 Å². The number of anilines is 1. The van der Waals surface area contributed by atoms with E-state index in [4.69, 9.17) is 33.7 Å². The molecule has 1 aliphatic heterocycles. The molecule has 0 atom stereocenters. The largest absolute Gasteiger partial charge is 0.491 e. The Hall–Kier alpha value is -2.42. The molecule has 0 saturated heterocycles. The lowest BCUT2D eigenvalue weighted by Gasteiger charge is -2.16. The highest BCUT2D eigenvalue weighted by Crippen LogP contribution is 2.41. The third-order valence-electron chi connectivity index (χ3n) is 4.14. The van der Waals surface area contributed by atoms with Crippen molar-refractivity contribution < 1.29 is 9.13 Å². The highest BCUT2D eigenvalue weighted by atomic mass is 35.5. The van der Waals surface area contributed by atoms with Crippen LogP contribution in [0, 0.1) is 5.82 Å². The Morgan fingerprint density at radius 3 is 2.89 bits per heavy atom. The summed E-state index contributed by atoms with van der Waals surface area (Å²) < 4.78 is 20.4. The predicted molar refractivity (Wildman–Crippen MR) is 100 cm³/mol. The van der Waals surface area contributed by atoms with E-state index in [0.29, 0.717) is 46.7 Å². The van der Waals surface area contributed by atoms with Crippen molar-refractivity contribution >= 4 is 29.2 Å². The molecule has 10 heteroatoms. The van der Waals surface area contributed by atoms with Gasteiger partial charge in [-0.05, 0) is 12.1 Å². The molecule has 1 aliphatic rings. The highest BCUT2D eigenvalue weighted by molar-refractivity contribution is 6.37. The first-order valence-electron chi connectivity index (χ1n) is 8.17. The van der Waals surface area contributed by atoms with Gasteiger partial charge in [0.25, 0.3) is 0 Å². The van der Waals surface area contributed by atoms with E-state index in [1.54, 1.807) is 12.1 Å². The summed E-state index contributed by atoms with van der Waals surface area (Å²) in [6.45, 7) is 1.82. The molecule has 7 nitrogen and oxygen atoms in total. The molecule has 3 aromatic rings. The number of hydrogen-bond acceptors (Lipinski definition) is 6. The fraction of sp³-hybridized carbons (Fsp3) is 0.235. The second-order valence-corrected chi connectivity index (χ2v) is 6.83. The average molecular weight is 409 g/mol. The summed E-state index contributed by atoms with van der Waals surface area (Å²) in [5.41, 5.74) is 8.84. The number of ether oxygens (including phenoxy) is 1. The molecule has 3 N–H and O–H groups in total. The van der Waals surface area contributed by atoms with Crippen molar-refractivity contribution in [3.05, 3.63) is 51.6 Å². The van der Waals surface area contributed by atoms with E-state index in [2.05, 4.69) is 20.4 Å². The van der Waals surface area contributed by atoms with E-state index in [-0.39, 0.29) is 12.6 Å². The second kappa shape index (κ2) is 7.30. The maximum Gasteiger partial charge on any atom is 0.220 e. The minimum absolute atomic E-state index is 0.163. The molecule has 27 heavy (non-hydrogen) atoms. The van der Waals surface area contributed by atoms with Gasteiger partial charge in [0.2, 0.25) is 5.95 Å². The molecule has 3 heterocycles. The molecular weight excluding hydrogens is 394 g/mol. The zero-order valence-corrected chi connectivity index (χ0v) is 15.6. The van der Waals surface area contributed by atoms with Crippen LogP contribution in [0.2, 0.25) is 10.0 Å². The Balaban J connectivity index is 1.69. The summed E-state index contributed by atoms with van der Waals surface area (Å²) in [6, 6.07) is 3.29. The summed E-state index contributed by atoms with van der Waals surface area (Å²) in [5, 5.41) is 7.94. The third kappa shape index (κ3) is 3.69. The van der Waals surface area contributed by atoms with Crippen LogP contribution in [0.5, 0.6) is 5.75 Å². The summed E-state index contributed by atoms with van der Waals surface area (Å²) >= 11 is 12.6. The van der Waals surface area contributed by atoms with E-state index < -0.39 is 5.82 Å². The fourth-order valence-corrected chi connectivity index (χ4v) is 3.56. The zero-order chi connectivity index (χ0) is 19.0. The number of fused-ring (bicyclic) bond motifs is 1. The first kappa shape index (κ1) is 18.0. The number of benzene rings is 1. The smallest absolute Gasteiger partial charge is 0.220 e. The van der Waals surface area contributed by atoms with Crippen LogP contribution in [0.4, 0.5) is 10.3 Å². The molecule has 0 spiro atoms. The molecule has 0 unspecified atom stereocenters. The monoisotopic (exact) mass is 408 g/mol. The first-order chi connectivity index (χ1) is 13.0. The Morgan fingerprint density at radius 1 is 1.26 bits per heavy atom. The van der Waals surface area contributed by atoms with Crippen LogP contribution >= 0.6 is 23.2 Å². The number of nitrogens with zero attached hydrogens (tertiary/aromatic N) is 4. The molecule has 2 aromatic heterocycles. The Morgan fingerprint density at radius 2 is 2.11 bits per heavy atom. The van der Waals surface area contributed by atoms with E-state index >= 15 is 0 Å². The van der Waals surface area contributed by atoms with Crippen molar-refractivity contribution in [2.75, 3.05) is 12.3 Å². The van der Waals surface area contributed by atoms with Crippen LogP contribution in [0.25, 0.3) is 11.3 Å². The van der Waals surface area contributed by atoms with Gasteiger partial charge in [-0.1, -0.05) is 23.2 Å². The number of aromatic nitrogens is 4. The zero-order valence-electron chi connectivity index (χ0n) is 14.0. The van der Waals surface area contributed by atoms with Gasteiger partial charge in [0.05, 0.1) is 40.9 Å². The lowest BCUT2D eigenvalue weighted by atomic mass is 10.0. The lowest BCUT2D eigenvalue weighted by molar-refractivity contribution is 0.292. The van der Waals surface area contributed by atoms with Gasteiger partial charge in [-0.2, -0.15) is 5.10 Å². The van der Waals surface area contributed by atoms with Gasteiger partial charge in [-0.3, -0.25) is 4.68 Å². The summed E-state index contributed by atoms with van der Waals surface area (Å²) in [7, 11) is 0. The molecule has 0 fully saturated rings. The number of hydrogen-bond donors (Lipinski definition) is 2. The van der Waals surface area contributed by atoms with Crippen LogP contribution in [-0.4, -0.2) is 26.4 Å². The van der Waals surface area contributed by atoms with Crippen LogP contribution in [0.3, 0.4) is 0 Å². The van der Waals surface area contributed by atoms with Crippen LogP contribution < -0.4 is 15.8 Å². The molecule has 0 bridgehead atoms. The molecule has 0 saturated carbocycles. The number of nitrogens with two attached hydrogens (primary N) is 1. The second-order valence-electron chi connectivity index (χ2n) is 5.99. The van der Waals surface area contributed by atoms with E-state index in [0.717, 1.165) is 17.5 Å². The number of rotatable bonds is 5. The Labute approximate surface area is 164 Å². The van der Waals surface area contributed by atoms with Gasteiger partial charge >= 0.3 is 0 Å². The van der Waals surface area contributed by atoms with Crippen molar-refractivity contribution in [3.63, 3.8) is 0 Å². The fourth-order valence-electron chi connectivity index (χ4n) is 3.00. The van der Waals surface area contributed by atoms with Gasteiger partial charge in [0.1, 0.15) is 12.4 Å². The van der Waals surface area contributed by atoms with Crippen molar-refractivity contribution in [1.82, 2.24) is 25.1 Å². The van der Waals surface area contributed by atoms with Crippen LogP contribution in [0.1, 0.15) is 11.3 Å². The third-order valence-corrected chi connectivity index (χ3v) is 4.66. The molecule has 0 aliphatic carbocycles. The molecule has 1 aromatic carbocycles. The van der Waals surface area contributed by atoms with Crippen molar-refractivity contribution in [1.29, 1.82) is 0 Å². The predicted octanol–water partition coefficient (Wildman–Crippen LogP) is 3.05. The maximum absolute atomic E-state index is 13.0. The van der Waals surface area contributed by atoms with Gasteiger partial charge in [-0.15, -0.1) is 0 Å². The number of nitrogen functional groups attached to an aromatic ring is 1. The topological polar surface area (TPSA) is 90.9 Å². The highest BCUT2D eigenvalue weighted by Gasteiger charge is 2.24. The Kier molecular flexibility index (Phi) is 4.86. The summed E-state index contributed by atoms with van der Waals surface area (Å²) in [4.78, 5) is 8.66. The van der Waals surface area contributed by atoms with E-state index in [9.17, 15) is 4.39 Å². The molecule has 0 amide bonds. The maximum atomic E-state index is 13.0. The van der Waals surface area contributed by atoms with Crippen LogP contribution in [-0.2, 0) is 19.6 Å². The molecular formula is C17H15Cl2FN6O. The Bertz CT molecular complexity index is 1010. The van der Waals surface area contributed by atoms with Gasteiger partial charge in [0.15, 0.2) is 5.82 Å². The quantitative estimate of drug-likeness (QED) is 0.673. The molecule has 4 rings (SSSR count).